The van der Waals surface area contributed by atoms with E-state index in [0.29, 0.717) is 23.6 Å². The molecule has 1 heterocycles. The first kappa shape index (κ1) is 24.9. The molecule has 184 valence electrons. The highest BCUT2D eigenvalue weighted by atomic mass is 32.2. The third-order valence-corrected chi connectivity index (χ3v) is 7.59. The summed E-state index contributed by atoms with van der Waals surface area (Å²) in [6, 6.07) is 21.1. The van der Waals surface area contributed by atoms with E-state index in [1.54, 1.807) is 37.3 Å². The molecule has 0 aromatic heterocycles. The smallest absolute Gasteiger partial charge is 0.271 e. The summed E-state index contributed by atoms with van der Waals surface area (Å²) in [6.07, 6.45) is 3.13. The number of nitro groups is 1. The van der Waals surface area contributed by atoms with Crippen LogP contribution in [0.4, 0.5) is 11.4 Å². The molecule has 0 aliphatic carbocycles. The zero-order chi connectivity index (χ0) is 25.9. The molecule has 1 fully saturated rings. The van der Waals surface area contributed by atoms with E-state index in [9.17, 15) is 23.3 Å². The first-order valence-corrected chi connectivity index (χ1v) is 12.8. The molecule has 3 aromatic rings. The number of non-ortho nitro benzene ring substituents is 1. The standard InChI is InChI=1S/C27H24N2O6S/c1-3-35-24-14-12-22(13-15-24)28-26(30)25(17-19(2)16-20-8-5-4-6-9-20)36(33,34)27(28)21-10-7-11-23(18-21)29(31)32/h4-18,27H,3H2,1-2H3/b19-16+,25-17+/t27-/m1/s1. The number of rotatable bonds is 7. The Morgan fingerprint density at radius 2 is 1.75 bits per heavy atom. The van der Waals surface area contributed by atoms with Gasteiger partial charge in [0.15, 0.2) is 5.37 Å². The highest BCUT2D eigenvalue weighted by Crippen LogP contribution is 2.44. The van der Waals surface area contributed by atoms with Crippen LogP contribution < -0.4 is 9.64 Å². The second-order valence-corrected chi connectivity index (χ2v) is 10.1. The van der Waals surface area contributed by atoms with Crippen LogP contribution in [0.5, 0.6) is 5.75 Å². The molecule has 1 aliphatic rings. The predicted molar refractivity (Wildman–Crippen MR) is 138 cm³/mol. The van der Waals surface area contributed by atoms with Crippen molar-refractivity contribution in [1.29, 1.82) is 0 Å². The van der Waals surface area contributed by atoms with E-state index < -0.39 is 26.0 Å². The fourth-order valence-electron chi connectivity index (χ4n) is 4.05. The SMILES string of the molecule is CCOc1ccc(N2C(=O)/C(=C\C(C)=C\c3ccccc3)S(=O)(=O)[C@@H]2c2cccc([N+](=O)[O-])c2)cc1. The first-order valence-electron chi connectivity index (χ1n) is 11.2. The monoisotopic (exact) mass is 504 g/mol. The zero-order valence-electron chi connectivity index (χ0n) is 19.7. The Balaban J connectivity index is 1.86. The summed E-state index contributed by atoms with van der Waals surface area (Å²) in [4.78, 5) is 25.2. The Labute approximate surface area is 209 Å². The van der Waals surface area contributed by atoms with Gasteiger partial charge in [0.2, 0.25) is 9.84 Å². The van der Waals surface area contributed by atoms with E-state index in [-0.39, 0.29) is 16.2 Å². The Hall–Kier alpha value is -4.24. The fraction of sp³-hybridized carbons (Fsp3) is 0.148. The van der Waals surface area contributed by atoms with Crippen molar-refractivity contribution in [2.24, 2.45) is 0 Å². The summed E-state index contributed by atoms with van der Waals surface area (Å²) in [5.74, 6) is -0.142. The number of carbonyl (C=O) groups is 1. The van der Waals surface area contributed by atoms with Gasteiger partial charge in [-0.15, -0.1) is 0 Å². The van der Waals surface area contributed by atoms with Gasteiger partial charge in [0.05, 0.1) is 11.5 Å². The van der Waals surface area contributed by atoms with Gasteiger partial charge in [-0.2, -0.15) is 0 Å². The maximum Gasteiger partial charge on any atom is 0.271 e. The number of allylic oxidation sites excluding steroid dienone is 2. The number of ether oxygens (including phenoxy) is 1. The molecule has 0 bridgehead atoms. The van der Waals surface area contributed by atoms with Crippen LogP contribution >= 0.6 is 0 Å². The summed E-state index contributed by atoms with van der Waals surface area (Å²) in [7, 11) is -4.23. The summed E-state index contributed by atoms with van der Waals surface area (Å²) in [5, 5.41) is 9.91. The highest BCUT2D eigenvalue weighted by Gasteiger charge is 2.50. The third-order valence-electron chi connectivity index (χ3n) is 5.61. The van der Waals surface area contributed by atoms with Crippen molar-refractivity contribution in [3.8, 4) is 5.75 Å². The predicted octanol–water partition coefficient (Wildman–Crippen LogP) is 5.44. The van der Waals surface area contributed by atoms with Gasteiger partial charge < -0.3 is 4.74 Å². The van der Waals surface area contributed by atoms with Crippen LogP contribution in [0.1, 0.15) is 30.3 Å². The number of anilines is 1. The number of sulfone groups is 1. The molecule has 1 saturated heterocycles. The minimum Gasteiger partial charge on any atom is -0.494 e. The lowest BCUT2D eigenvalue weighted by molar-refractivity contribution is -0.384. The quantitative estimate of drug-likeness (QED) is 0.241. The third kappa shape index (κ3) is 4.92. The molecule has 4 rings (SSSR count). The van der Waals surface area contributed by atoms with Crippen LogP contribution in [0.25, 0.3) is 6.08 Å². The Bertz CT molecular complexity index is 1460. The zero-order valence-corrected chi connectivity index (χ0v) is 20.5. The Kier molecular flexibility index (Phi) is 7.03. The van der Waals surface area contributed by atoms with E-state index in [1.165, 1.54) is 30.3 Å². The van der Waals surface area contributed by atoms with Crippen molar-refractivity contribution in [3.05, 3.63) is 117 Å². The summed E-state index contributed by atoms with van der Waals surface area (Å²) in [5.41, 5.74) is 1.61. The lowest BCUT2D eigenvalue weighted by atomic mass is 10.1. The van der Waals surface area contributed by atoms with Crippen LogP contribution in [-0.2, 0) is 14.6 Å². The number of hydrogen-bond donors (Lipinski definition) is 0. The van der Waals surface area contributed by atoms with Gasteiger partial charge in [0.1, 0.15) is 10.7 Å². The van der Waals surface area contributed by atoms with Crippen LogP contribution in [0, 0.1) is 10.1 Å². The van der Waals surface area contributed by atoms with Gasteiger partial charge in [-0.1, -0.05) is 48.5 Å². The lowest BCUT2D eigenvalue weighted by Crippen LogP contribution is -2.29. The number of benzene rings is 3. The Morgan fingerprint density at radius 1 is 1.06 bits per heavy atom. The molecule has 0 spiro atoms. The van der Waals surface area contributed by atoms with Crippen molar-refractivity contribution >= 4 is 33.2 Å². The lowest BCUT2D eigenvalue weighted by Gasteiger charge is -2.23. The van der Waals surface area contributed by atoms with Crippen molar-refractivity contribution < 1.29 is 22.9 Å². The van der Waals surface area contributed by atoms with Gasteiger partial charge in [0.25, 0.3) is 11.6 Å². The summed E-state index contributed by atoms with van der Waals surface area (Å²) in [6.45, 7) is 4.00. The van der Waals surface area contributed by atoms with Gasteiger partial charge in [0, 0.05) is 17.8 Å². The maximum atomic E-state index is 13.8. The number of amides is 1. The normalized spacial score (nSPS) is 18.4. The molecule has 9 heteroatoms. The van der Waals surface area contributed by atoms with Crippen LogP contribution in [0.15, 0.2) is 95.4 Å². The highest BCUT2D eigenvalue weighted by molar-refractivity contribution is 7.97. The molecule has 0 saturated carbocycles. The molecule has 3 aromatic carbocycles. The minimum absolute atomic E-state index is 0.125. The van der Waals surface area contributed by atoms with Crippen molar-refractivity contribution in [2.45, 2.75) is 19.2 Å². The van der Waals surface area contributed by atoms with Crippen LogP contribution in [0.2, 0.25) is 0 Å². The second kappa shape index (κ2) is 10.2. The van der Waals surface area contributed by atoms with Gasteiger partial charge >= 0.3 is 0 Å². The first-order chi connectivity index (χ1) is 17.2. The van der Waals surface area contributed by atoms with Crippen LogP contribution in [-0.4, -0.2) is 25.9 Å². The number of carbonyl (C=O) groups excluding carboxylic acids is 1. The van der Waals surface area contributed by atoms with E-state index in [2.05, 4.69) is 0 Å². The van der Waals surface area contributed by atoms with Crippen LogP contribution in [0.3, 0.4) is 0 Å². The molecule has 1 aliphatic heterocycles. The molecule has 0 N–H and O–H groups in total. The summed E-state index contributed by atoms with van der Waals surface area (Å²) >= 11 is 0. The molecule has 1 amide bonds. The second-order valence-electron chi connectivity index (χ2n) is 8.16. The van der Waals surface area contributed by atoms with Gasteiger partial charge in [-0.3, -0.25) is 19.8 Å². The largest absolute Gasteiger partial charge is 0.494 e. The molecule has 0 unspecified atom stereocenters. The van der Waals surface area contributed by atoms with Crippen molar-refractivity contribution in [2.75, 3.05) is 11.5 Å². The number of nitro benzene ring substituents is 1. The molecular formula is C27H24N2O6S. The van der Waals surface area contributed by atoms with Gasteiger partial charge in [-0.25, -0.2) is 8.42 Å². The van der Waals surface area contributed by atoms with E-state index in [4.69, 9.17) is 4.74 Å². The van der Waals surface area contributed by atoms with E-state index in [0.717, 1.165) is 10.5 Å². The topological polar surface area (TPSA) is 107 Å². The molecule has 0 radical (unpaired) electrons. The molecule has 1 atom stereocenters. The Morgan fingerprint density at radius 3 is 2.39 bits per heavy atom. The molecule has 36 heavy (non-hydrogen) atoms. The molecule has 8 nitrogen and oxygen atoms in total. The average molecular weight is 505 g/mol. The fourth-order valence-corrected chi connectivity index (χ4v) is 5.99. The summed E-state index contributed by atoms with van der Waals surface area (Å²) < 4.78 is 33.0. The van der Waals surface area contributed by atoms with E-state index in [1.807, 2.05) is 37.3 Å². The minimum atomic E-state index is -4.23. The van der Waals surface area contributed by atoms with E-state index >= 15 is 0 Å². The van der Waals surface area contributed by atoms with Gasteiger partial charge in [-0.05, 0) is 60.9 Å². The molecular weight excluding hydrogens is 480 g/mol. The number of nitrogens with zero attached hydrogens (tertiary/aromatic N) is 2. The van der Waals surface area contributed by atoms with Crippen molar-refractivity contribution in [1.82, 2.24) is 0 Å². The van der Waals surface area contributed by atoms with Crippen molar-refractivity contribution in [3.63, 3.8) is 0 Å². The number of hydrogen-bond acceptors (Lipinski definition) is 6. The average Bonchev–Trinajstić information content (AvgIpc) is 3.05. The maximum absolute atomic E-state index is 13.8.